The van der Waals surface area contributed by atoms with Crippen molar-refractivity contribution < 1.29 is 19.4 Å². The van der Waals surface area contributed by atoms with Crippen molar-refractivity contribution in [3.05, 3.63) is 53.2 Å². The molecule has 2 aromatic rings. The van der Waals surface area contributed by atoms with E-state index in [0.29, 0.717) is 38.5 Å². The lowest BCUT2D eigenvalue weighted by atomic mass is 10.00. The molecule has 10 heteroatoms. The molecular weight excluding hydrogens is 496 g/mol. The van der Waals surface area contributed by atoms with Crippen LogP contribution in [0.25, 0.3) is 0 Å². The summed E-state index contributed by atoms with van der Waals surface area (Å²) >= 11 is 0. The highest BCUT2D eigenvalue weighted by atomic mass is 16.5. The van der Waals surface area contributed by atoms with Crippen LogP contribution < -0.4 is 15.5 Å². The second-order valence-electron chi connectivity index (χ2n) is 10.7. The number of morpholine rings is 1. The zero-order chi connectivity index (χ0) is 27.2. The number of pyridine rings is 1. The highest BCUT2D eigenvalue weighted by Crippen LogP contribution is 2.23. The number of β-amino-alcohol motifs (C(OH)–C–C–N with tert-alkyl or cyclic N) is 1. The van der Waals surface area contributed by atoms with E-state index in [2.05, 4.69) is 49.7 Å². The molecule has 3 aliphatic heterocycles. The van der Waals surface area contributed by atoms with Gasteiger partial charge in [0.1, 0.15) is 11.5 Å². The molecule has 0 bridgehead atoms. The summed E-state index contributed by atoms with van der Waals surface area (Å²) < 4.78 is 5.50. The molecule has 2 amide bonds. The van der Waals surface area contributed by atoms with Gasteiger partial charge in [-0.05, 0) is 36.5 Å². The number of aromatic nitrogens is 1. The molecule has 1 aromatic heterocycles. The molecule has 0 aliphatic carbocycles. The van der Waals surface area contributed by atoms with Crippen LogP contribution in [-0.2, 0) is 22.5 Å². The van der Waals surface area contributed by atoms with Crippen LogP contribution in [0.1, 0.15) is 41.4 Å². The van der Waals surface area contributed by atoms with Crippen molar-refractivity contribution >= 4 is 23.3 Å². The number of carbonyl (C=O) groups is 2. The highest BCUT2D eigenvalue weighted by molar-refractivity contribution is 5.93. The van der Waals surface area contributed by atoms with Crippen LogP contribution in [0.15, 0.2) is 36.4 Å². The maximum absolute atomic E-state index is 13.2. The number of nitrogens with one attached hydrogen (secondary N) is 2. The number of hydrogen-bond donors (Lipinski definition) is 3. The summed E-state index contributed by atoms with van der Waals surface area (Å²) in [6, 6.07) is 12.4. The molecule has 3 N–H and O–H groups in total. The number of nitrogens with zero attached hydrogens (tertiary/aromatic N) is 4. The number of aliphatic hydroxyl groups is 1. The Kier molecular flexibility index (Phi) is 8.95. The predicted molar refractivity (Wildman–Crippen MR) is 150 cm³/mol. The van der Waals surface area contributed by atoms with Gasteiger partial charge in [0, 0.05) is 77.1 Å². The second-order valence-corrected chi connectivity index (χ2v) is 10.7. The molecule has 5 rings (SSSR count). The monoisotopic (exact) mass is 536 g/mol. The Morgan fingerprint density at radius 2 is 1.82 bits per heavy atom. The summed E-state index contributed by atoms with van der Waals surface area (Å²) in [5.41, 5.74) is 3.83. The van der Waals surface area contributed by atoms with E-state index >= 15 is 0 Å². The van der Waals surface area contributed by atoms with Crippen LogP contribution in [-0.4, -0.2) is 103 Å². The Morgan fingerprint density at radius 1 is 1.08 bits per heavy atom. The fraction of sp³-hybridized carbons (Fsp3) is 0.552. The quantitative estimate of drug-likeness (QED) is 0.466. The van der Waals surface area contributed by atoms with Gasteiger partial charge in [-0.3, -0.25) is 14.5 Å². The summed E-state index contributed by atoms with van der Waals surface area (Å²) in [6.07, 6.45) is 2.00. The number of ether oxygens (including phenoxy) is 1. The molecule has 0 saturated carbocycles. The fourth-order valence-electron chi connectivity index (χ4n) is 5.62. The molecule has 1 atom stereocenters. The van der Waals surface area contributed by atoms with Crippen LogP contribution in [0.2, 0.25) is 0 Å². The van der Waals surface area contributed by atoms with Crippen molar-refractivity contribution in [3.63, 3.8) is 0 Å². The van der Waals surface area contributed by atoms with E-state index in [1.807, 2.05) is 11.0 Å². The van der Waals surface area contributed by atoms with E-state index in [1.54, 1.807) is 13.0 Å². The van der Waals surface area contributed by atoms with Gasteiger partial charge in [0.15, 0.2) is 0 Å². The Balaban J connectivity index is 1.20. The van der Waals surface area contributed by atoms with Crippen molar-refractivity contribution in [2.75, 3.05) is 69.2 Å². The topological polar surface area (TPSA) is 110 Å². The average Bonchev–Trinajstić information content (AvgIpc) is 2.96. The standard InChI is InChI=1S/C29H40N6O4/c1-21(36)34-10-7-24(8-11-34)31-25-16-27(32-28(17-25)35-12-14-39-15-13-35)29(38)30-18-26(37)20-33-9-6-22-4-2-3-5-23(22)19-33/h2-5,16-17,24,26,37H,6-15,18-20H2,1H3,(H,30,38)(H,31,32). The summed E-state index contributed by atoms with van der Waals surface area (Å²) in [5, 5.41) is 17.2. The van der Waals surface area contributed by atoms with Crippen LogP contribution in [0.3, 0.4) is 0 Å². The molecule has 2 fully saturated rings. The van der Waals surface area contributed by atoms with Gasteiger partial charge in [-0.2, -0.15) is 0 Å². The van der Waals surface area contributed by atoms with Gasteiger partial charge < -0.3 is 30.3 Å². The van der Waals surface area contributed by atoms with Crippen molar-refractivity contribution in [1.82, 2.24) is 20.1 Å². The Labute approximate surface area is 230 Å². The molecule has 3 aliphatic rings. The maximum Gasteiger partial charge on any atom is 0.270 e. The second kappa shape index (κ2) is 12.8. The van der Waals surface area contributed by atoms with Crippen molar-refractivity contribution in [3.8, 4) is 0 Å². The number of aliphatic hydroxyl groups excluding tert-OH is 1. The third-order valence-corrected chi connectivity index (χ3v) is 7.87. The summed E-state index contributed by atoms with van der Waals surface area (Å²) in [4.78, 5) is 35.8. The first kappa shape index (κ1) is 27.4. The number of fused-ring (bicyclic) bond motifs is 1. The lowest BCUT2D eigenvalue weighted by Gasteiger charge is -2.33. The van der Waals surface area contributed by atoms with Crippen LogP contribution >= 0.6 is 0 Å². The lowest BCUT2D eigenvalue weighted by molar-refractivity contribution is -0.129. The predicted octanol–water partition coefficient (Wildman–Crippen LogP) is 1.49. The van der Waals surface area contributed by atoms with Crippen LogP contribution in [0, 0.1) is 0 Å². The first-order valence-corrected chi connectivity index (χ1v) is 14.1. The average molecular weight is 537 g/mol. The SMILES string of the molecule is CC(=O)N1CCC(Nc2cc(C(=O)NCC(O)CN3CCc4ccccc4C3)nc(N3CCOCC3)c2)CC1. The number of anilines is 2. The van der Waals surface area contributed by atoms with E-state index < -0.39 is 6.10 Å². The zero-order valence-electron chi connectivity index (χ0n) is 22.8. The molecule has 10 nitrogen and oxygen atoms in total. The van der Waals surface area contributed by atoms with E-state index in [4.69, 9.17) is 4.74 Å². The van der Waals surface area contributed by atoms with Gasteiger partial charge in [0.25, 0.3) is 5.91 Å². The molecule has 2 saturated heterocycles. The molecular formula is C29H40N6O4. The first-order valence-electron chi connectivity index (χ1n) is 14.1. The molecule has 0 radical (unpaired) electrons. The smallest absolute Gasteiger partial charge is 0.270 e. The minimum atomic E-state index is -0.675. The van der Waals surface area contributed by atoms with Gasteiger partial charge in [-0.1, -0.05) is 24.3 Å². The van der Waals surface area contributed by atoms with Gasteiger partial charge >= 0.3 is 0 Å². The number of piperidine rings is 1. The van der Waals surface area contributed by atoms with Gasteiger partial charge in [-0.15, -0.1) is 0 Å². The van der Waals surface area contributed by atoms with Gasteiger partial charge in [0.2, 0.25) is 5.91 Å². The highest BCUT2D eigenvalue weighted by Gasteiger charge is 2.23. The first-order chi connectivity index (χ1) is 18.9. The molecule has 1 unspecified atom stereocenters. The molecule has 0 spiro atoms. The van der Waals surface area contributed by atoms with Gasteiger partial charge in [-0.25, -0.2) is 4.98 Å². The number of benzene rings is 1. The fourth-order valence-corrected chi connectivity index (χ4v) is 5.62. The summed E-state index contributed by atoms with van der Waals surface area (Å²) in [6.45, 7) is 8.10. The summed E-state index contributed by atoms with van der Waals surface area (Å²) in [5.74, 6) is 0.544. The lowest BCUT2D eigenvalue weighted by Crippen LogP contribution is -2.42. The Hall–Kier alpha value is -3.21. The Bertz CT molecular complexity index is 1150. The third-order valence-electron chi connectivity index (χ3n) is 7.87. The summed E-state index contributed by atoms with van der Waals surface area (Å²) in [7, 11) is 0. The van der Waals surface area contributed by atoms with Gasteiger partial charge in [0.05, 0.1) is 19.3 Å². The molecule has 4 heterocycles. The number of likely N-dealkylation sites (tertiary alicyclic amines) is 1. The zero-order valence-corrected chi connectivity index (χ0v) is 22.8. The third kappa shape index (κ3) is 7.26. The number of hydrogen-bond acceptors (Lipinski definition) is 8. The number of carbonyl (C=O) groups excluding carboxylic acids is 2. The number of amides is 2. The van der Waals surface area contributed by atoms with E-state index in [0.717, 1.165) is 56.9 Å². The van der Waals surface area contributed by atoms with Crippen LogP contribution in [0.5, 0.6) is 0 Å². The normalized spacial score (nSPS) is 19.3. The molecule has 210 valence electrons. The Morgan fingerprint density at radius 3 is 2.56 bits per heavy atom. The van der Waals surface area contributed by atoms with E-state index in [9.17, 15) is 14.7 Å². The van der Waals surface area contributed by atoms with Crippen LogP contribution in [0.4, 0.5) is 11.5 Å². The largest absolute Gasteiger partial charge is 0.390 e. The molecule has 1 aromatic carbocycles. The van der Waals surface area contributed by atoms with Crippen molar-refractivity contribution in [2.24, 2.45) is 0 Å². The minimum absolute atomic E-state index is 0.109. The van der Waals surface area contributed by atoms with Crippen molar-refractivity contribution in [2.45, 2.75) is 44.9 Å². The van der Waals surface area contributed by atoms with Crippen molar-refractivity contribution in [1.29, 1.82) is 0 Å². The number of rotatable bonds is 8. The minimum Gasteiger partial charge on any atom is -0.390 e. The van der Waals surface area contributed by atoms with E-state index in [-0.39, 0.29) is 24.4 Å². The maximum atomic E-state index is 13.2. The molecule has 39 heavy (non-hydrogen) atoms. The van der Waals surface area contributed by atoms with E-state index in [1.165, 1.54) is 11.1 Å².